The highest BCUT2D eigenvalue weighted by Crippen LogP contribution is 2.48. The third-order valence-corrected chi connectivity index (χ3v) is 12.1. The summed E-state index contributed by atoms with van der Waals surface area (Å²) in [7, 11) is -20.8. The van der Waals surface area contributed by atoms with Crippen LogP contribution in [0.5, 0.6) is 23.0 Å². The first kappa shape index (κ1) is 45.6. The number of methoxy groups -OCH3 is 3. The van der Waals surface area contributed by atoms with Crippen LogP contribution in [0, 0.1) is 6.92 Å². The van der Waals surface area contributed by atoms with Crippen LogP contribution < -0.4 is 19.5 Å². The van der Waals surface area contributed by atoms with E-state index in [4.69, 9.17) is 18.8 Å². The normalized spacial score (nSPS) is 13.0. The van der Waals surface area contributed by atoms with Crippen LogP contribution in [0.15, 0.2) is 77.6 Å². The molecular formula is C29H31N5O19S5. The van der Waals surface area contributed by atoms with Crippen molar-refractivity contribution in [2.24, 2.45) is 20.5 Å². The molecule has 6 N–H and O–H groups in total. The average molecular weight is 914 g/mol. The van der Waals surface area contributed by atoms with Gasteiger partial charge in [0.05, 0.1) is 44.3 Å². The largest absolute Gasteiger partial charge is 0.506 e. The van der Waals surface area contributed by atoms with Gasteiger partial charge in [-0.3, -0.25) is 18.2 Å². The minimum absolute atomic E-state index is 0.0459. The maximum atomic E-state index is 12.8. The van der Waals surface area contributed by atoms with E-state index < -0.39 is 112 Å². The lowest BCUT2D eigenvalue weighted by atomic mass is 10.0. The number of phenols is 1. The van der Waals surface area contributed by atoms with Gasteiger partial charge in [0.1, 0.15) is 55.7 Å². The summed E-state index contributed by atoms with van der Waals surface area (Å²) < 4.78 is 178. The third kappa shape index (κ3) is 10.9. The molecule has 29 heteroatoms. The molecule has 0 amide bonds. The van der Waals surface area contributed by atoms with E-state index in [9.17, 15) is 60.9 Å². The van der Waals surface area contributed by atoms with Gasteiger partial charge in [-0.2, -0.15) is 33.7 Å². The van der Waals surface area contributed by atoms with Crippen molar-refractivity contribution < 1.29 is 83.8 Å². The average Bonchev–Trinajstić information content (AvgIpc) is 3.10. The zero-order valence-electron chi connectivity index (χ0n) is 29.9. The molecule has 0 saturated carbocycles. The number of phenolic OH excluding ortho intramolecular Hbond substituents is 1. The summed E-state index contributed by atoms with van der Waals surface area (Å²) >= 11 is 0. The number of aryl methyl sites for hydroxylation is 1. The number of rotatable bonds is 17. The van der Waals surface area contributed by atoms with Crippen molar-refractivity contribution in [2.75, 3.05) is 44.9 Å². The number of aromatic hydroxyl groups is 1. The molecule has 58 heavy (non-hydrogen) atoms. The third-order valence-electron chi connectivity index (χ3n) is 7.56. The molecule has 4 aromatic carbocycles. The van der Waals surface area contributed by atoms with E-state index in [0.717, 1.165) is 51.7 Å². The maximum Gasteiger partial charge on any atom is 0.397 e. The first-order valence-corrected chi connectivity index (χ1v) is 22.8. The molecule has 0 fully saturated rings. The Morgan fingerprint density at radius 2 is 1.24 bits per heavy atom. The Balaban J connectivity index is 1.96. The number of fused-ring (bicyclic) bond motifs is 1. The molecule has 4 rings (SSSR count). The molecule has 24 nitrogen and oxygen atoms in total. The fourth-order valence-electron chi connectivity index (χ4n) is 5.09. The molecular weight excluding hydrogens is 883 g/mol. The van der Waals surface area contributed by atoms with Gasteiger partial charge < -0.3 is 24.6 Å². The van der Waals surface area contributed by atoms with Crippen LogP contribution in [0.2, 0.25) is 0 Å². The molecule has 0 unspecified atom stereocenters. The number of benzene rings is 4. The van der Waals surface area contributed by atoms with Gasteiger partial charge in [0.25, 0.3) is 30.4 Å². The molecule has 0 aliphatic rings. The second-order valence-corrected chi connectivity index (χ2v) is 18.8. The first-order chi connectivity index (χ1) is 26.7. The Hall–Kier alpha value is -5.11. The smallest absolute Gasteiger partial charge is 0.397 e. The summed E-state index contributed by atoms with van der Waals surface area (Å²) in [5.74, 6) is -3.95. The number of sulfone groups is 1. The lowest BCUT2D eigenvalue weighted by Crippen LogP contribution is -2.16. The van der Waals surface area contributed by atoms with E-state index in [-0.39, 0.29) is 39.1 Å². The van der Waals surface area contributed by atoms with Crippen molar-refractivity contribution in [2.45, 2.75) is 21.6 Å². The van der Waals surface area contributed by atoms with E-state index in [1.165, 1.54) is 19.1 Å². The van der Waals surface area contributed by atoms with Gasteiger partial charge in [-0.15, -0.1) is 20.5 Å². The fraction of sp³-hybridized carbons (Fsp3) is 0.241. The second kappa shape index (κ2) is 17.0. The highest BCUT2D eigenvalue weighted by Gasteiger charge is 2.27. The molecule has 0 aliphatic heterocycles. The molecule has 0 spiro atoms. The predicted octanol–water partition coefficient (Wildman–Crippen LogP) is 4.05. The minimum atomic E-state index is -5.29. The number of nitrogens with one attached hydrogen (secondary N) is 1. The van der Waals surface area contributed by atoms with Crippen LogP contribution in [-0.2, 0) is 54.8 Å². The van der Waals surface area contributed by atoms with Gasteiger partial charge in [0, 0.05) is 29.0 Å². The topological polar surface area (TPSA) is 370 Å². The van der Waals surface area contributed by atoms with Crippen molar-refractivity contribution in [1.29, 1.82) is 0 Å². The monoisotopic (exact) mass is 913 g/mol. The summed E-state index contributed by atoms with van der Waals surface area (Å²) in [5, 5.41) is 28.6. The van der Waals surface area contributed by atoms with Crippen molar-refractivity contribution in [1.82, 2.24) is 0 Å². The van der Waals surface area contributed by atoms with Gasteiger partial charge in [0.2, 0.25) is 0 Å². The van der Waals surface area contributed by atoms with E-state index in [0.29, 0.717) is 0 Å². The fourth-order valence-corrected chi connectivity index (χ4v) is 8.48. The maximum absolute atomic E-state index is 12.8. The quantitative estimate of drug-likeness (QED) is 0.0642. The SMILES string of the molecule is COc1cc(S(=O)(=O)O)c(OC)cc1N=Nc1c(NCS(=O)(=O)O)ccc2c(OC)c(N=Nc3cc(C)c(S(=O)(=O)CCOS(=O)(=O)O)cc3O)c(S(=O)(=O)O)cc12. The number of azo groups is 2. The summed E-state index contributed by atoms with van der Waals surface area (Å²) in [6.45, 7) is 0.310. The molecule has 0 radical (unpaired) electrons. The van der Waals surface area contributed by atoms with Crippen molar-refractivity contribution in [3.8, 4) is 23.0 Å². The van der Waals surface area contributed by atoms with Gasteiger partial charge in [-0.05, 0) is 36.8 Å². The van der Waals surface area contributed by atoms with Crippen LogP contribution in [0.3, 0.4) is 0 Å². The summed E-state index contributed by atoms with van der Waals surface area (Å²) in [6, 6.07) is 6.89. The van der Waals surface area contributed by atoms with Crippen LogP contribution in [0.1, 0.15) is 5.56 Å². The number of anilines is 1. The number of nitrogens with zero attached hydrogens (tertiary/aromatic N) is 4. The van der Waals surface area contributed by atoms with Crippen molar-refractivity contribution >= 4 is 89.8 Å². The second-order valence-electron chi connectivity index (χ2n) is 11.4. The van der Waals surface area contributed by atoms with Crippen LogP contribution in [0.4, 0.5) is 28.4 Å². The van der Waals surface area contributed by atoms with Crippen LogP contribution >= 0.6 is 0 Å². The molecule has 0 saturated heterocycles. The Morgan fingerprint density at radius 1 is 0.638 bits per heavy atom. The number of hydrogen-bond donors (Lipinski definition) is 6. The molecule has 4 aromatic rings. The Bertz CT molecular complexity index is 2920. The minimum Gasteiger partial charge on any atom is -0.506 e. The Morgan fingerprint density at radius 3 is 1.79 bits per heavy atom. The molecule has 316 valence electrons. The van der Waals surface area contributed by atoms with Crippen molar-refractivity contribution in [3.05, 3.63) is 48.0 Å². The number of ether oxygens (including phenoxy) is 3. The summed E-state index contributed by atoms with van der Waals surface area (Å²) in [4.78, 5) is -2.20. The lowest BCUT2D eigenvalue weighted by Gasteiger charge is -2.16. The lowest BCUT2D eigenvalue weighted by molar-refractivity contribution is 0.284. The Labute approximate surface area is 330 Å². The standard InChI is InChI=1S/C29H31N5O19S5/c1-15-9-19(21(35)12-24(15)54(36,37)8-7-53-58(47,48)49)31-34-28-26(57(44,45)46)10-17-16(29(28)52-4)5-6-18(30-14-55(38,39)40)27(17)33-32-20-11-23(51-3)25(56(41,42)43)13-22(20)50-2/h5-6,9-13,30,35H,7-8,14H2,1-4H3,(H,38,39,40)(H,41,42,43)(H,44,45,46)(H,47,48,49). The zero-order valence-corrected chi connectivity index (χ0v) is 34.0. The summed E-state index contributed by atoms with van der Waals surface area (Å²) in [6.07, 6.45) is 0. The number of hydrogen-bond acceptors (Lipinski definition) is 20. The van der Waals surface area contributed by atoms with Gasteiger partial charge >= 0.3 is 10.4 Å². The first-order valence-electron chi connectivity index (χ1n) is 15.3. The van der Waals surface area contributed by atoms with Crippen LogP contribution in [-0.4, -0.2) is 105 Å². The zero-order chi connectivity index (χ0) is 43.6. The van der Waals surface area contributed by atoms with E-state index >= 15 is 0 Å². The van der Waals surface area contributed by atoms with Gasteiger partial charge in [-0.1, -0.05) is 0 Å². The molecule has 0 bridgehead atoms. The van der Waals surface area contributed by atoms with Gasteiger partial charge in [-0.25, -0.2) is 12.6 Å². The molecule has 0 heterocycles. The van der Waals surface area contributed by atoms with Crippen molar-refractivity contribution in [3.63, 3.8) is 0 Å². The Kier molecular flexibility index (Phi) is 13.4. The highest BCUT2D eigenvalue weighted by atomic mass is 32.3. The van der Waals surface area contributed by atoms with E-state index in [2.05, 4.69) is 30.0 Å². The predicted molar refractivity (Wildman–Crippen MR) is 200 cm³/mol. The van der Waals surface area contributed by atoms with Gasteiger partial charge in [0.15, 0.2) is 15.6 Å². The van der Waals surface area contributed by atoms with E-state index in [1.807, 2.05) is 0 Å². The highest BCUT2D eigenvalue weighted by molar-refractivity contribution is 7.91. The van der Waals surface area contributed by atoms with E-state index in [1.54, 1.807) is 0 Å². The molecule has 0 aromatic heterocycles. The van der Waals surface area contributed by atoms with Crippen LogP contribution in [0.25, 0.3) is 10.8 Å². The summed E-state index contributed by atoms with van der Waals surface area (Å²) in [5.41, 5.74) is -2.00. The molecule has 0 atom stereocenters. The molecule has 0 aliphatic carbocycles.